The van der Waals surface area contributed by atoms with Gasteiger partial charge in [-0.05, 0) is 99.4 Å². The van der Waals surface area contributed by atoms with Crippen LogP contribution in [0.2, 0.25) is 0 Å². The van der Waals surface area contributed by atoms with Crippen molar-refractivity contribution < 1.29 is 52.7 Å². The average Bonchev–Trinajstić information content (AvgIpc) is 3.11. The van der Waals surface area contributed by atoms with Crippen molar-refractivity contribution >= 4 is 30.0 Å². The zero-order chi connectivity index (χ0) is 35.3. The summed E-state index contributed by atoms with van der Waals surface area (Å²) in [6, 6.07) is 13.7. The largest absolute Gasteiger partial charge is 0.494 e. The molecule has 0 atom stereocenters. The van der Waals surface area contributed by atoms with E-state index in [-0.39, 0.29) is 43.5 Å². The second kappa shape index (κ2) is 21.9. The first-order valence-electron chi connectivity index (χ1n) is 16.6. The summed E-state index contributed by atoms with van der Waals surface area (Å²) in [5.41, 5.74) is 0.889. The Hall–Kier alpha value is -4.90. The van der Waals surface area contributed by atoms with Gasteiger partial charge < -0.3 is 33.5 Å². The lowest BCUT2D eigenvalue weighted by Crippen LogP contribution is -2.22. The van der Waals surface area contributed by atoms with Crippen molar-refractivity contribution in [2.45, 2.75) is 70.3 Å². The zero-order valence-corrected chi connectivity index (χ0v) is 27.9. The van der Waals surface area contributed by atoms with Gasteiger partial charge >= 0.3 is 23.9 Å². The van der Waals surface area contributed by atoms with Crippen molar-refractivity contribution in [1.82, 2.24) is 0 Å². The minimum absolute atomic E-state index is 0.00463. The van der Waals surface area contributed by atoms with Crippen LogP contribution in [-0.4, -0.2) is 68.1 Å². The molecule has 49 heavy (non-hydrogen) atoms. The maximum Gasteiger partial charge on any atom is 0.336 e. The van der Waals surface area contributed by atoms with Gasteiger partial charge in [0.25, 0.3) is 0 Å². The van der Waals surface area contributed by atoms with Crippen LogP contribution < -0.4 is 14.2 Å². The molecule has 264 valence electrons. The molecular weight excluding hydrogens is 632 g/mol. The van der Waals surface area contributed by atoms with Gasteiger partial charge in [-0.15, -0.1) is 0 Å². The molecule has 0 spiro atoms. The maximum absolute atomic E-state index is 12.2. The van der Waals surface area contributed by atoms with Crippen LogP contribution in [0.1, 0.15) is 69.8 Å². The minimum atomic E-state index is -0.681. The van der Waals surface area contributed by atoms with E-state index in [2.05, 4.69) is 13.2 Å². The molecule has 0 saturated heterocycles. The topological polar surface area (TPSA) is 144 Å². The fourth-order valence-electron chi connectivity index (χ4n) is 4.73. The zero-order valence-electron chi connectivity index (χ0n) is 27.9. The molecule has 11 heteroatoms. The van der Waals surface area contributed by atoms with Gasteiger partial charge in [-0.2, -0.15) is 0 Å². The van der Waals surface area contributed by atoms with Gasteiger partial charge in [0.05, 0.1) is 31.8 Å². The number of benzene rings is 2. The second-order valence-electron chi connectivity index (χ2n) is 11.5. The van der Waals surface area contributed by atoms with Crippen LogP contribution in [0.4, 0.5) is 0 Å². The molecule has 2 aromatic rings. The number of hydrogen-bond donors (Lipinski definition) is 1. The van der Waals surface area contributed by atoms with Crippen LogP contribution in [0.3, 0.4) is 0 Å². The molecule has 1 fully saturated rings. The summed E-state index contributed by atoms with van der Waals surface area (Å²) in [5.74, 6) is -0.645. The molecule has 1 N–H and O–H groups in total. The Labute approximate surface area is 287 Å². The lowest BCUT2D eigenvalue weighted by atomic mass is 9.98. The lowest BCUT2D eigenvalue weighted by molar-refractivity contribution is -0.151. The number of aliphatic hydroxyl groups excluding tert-OH is 1. The van der Waals surface area contributed by atoms with Crippen LogP contribution in [0.25, 0.3) is 6.08 Å². The molecule has 11 nitrogen and oxygen atoms in total. The van der Waals surface area contributed by atoms with Crippen LogP contribution in [0.5, 0.6) is 17.2 Å². The number of unbranched alkanes of at least 4 members (excludes halogenated alkanes) is 3. The van der Waals surface area contributed by atoms with Crippen molar-refractivity contribution in [3.8, 4) is 17.2 Å². The van der Waals surface area contributed by atoms with Crippen LogP contribution in [-0.2, 0) is 33.4 Å². The van der Waals surface area contributed by atoms with Crippen molar-refractivity contribution in [1.29, 1.82) is 0 Å². The smallest absolute Gasteiger partial charge is 0.336 e. The highest BCUT2D eigenvalue weighted by Gasteiger charge is 2.20. The Bertz CT molecular complexity index is 1400. The van der Waals surface area contributed by atoms with Crippen molar-refractivity contribution in [2.75, 3.05) is 33.0 Å². The first-order valence-corrected chi connectivity index (χ1v) is 16.6. The van der Waals surface area contributed by atoms with E-state index >= 15 is 0 Å². The molecule has 3 rings (SSSR count). The molecule has 0 amide bonds. The SMILES string of the molecule is C=C(CO)C(=O)OCCOc1ccc(OC(=O)/C=C/c2ccc(OCCCCCCOC(=O)C(=C)CC(=O)OC3CCCCC3)cc2)cc1. The molecule has 0 aliphatic heterocycles. The summed E-state index contributed by atoms with van der Waals surface area (Å²) in [6.45, 7) is 7.51. The van der Waals surface area contributed by atoms with Crippen LogP contribution in [0.15, 0.2) is 78.9 Å². The summed E-state index contributed by atoms with van der Waals surface area (Å²) in [5, 5.41) is 8.85. The van der Waals surface area contributed by atoms with Crippen molar-refractivity contribution in [2.24, 2.45) is 0 Å². The van der Waals surface area contributed by atoms with Crippen molar-refractivity contribution in [3.63, 3.8) is 0 Å². The third-order valence-corrected chi connectivity index (χ3v) is 7.44. The molecule has 0 heterocycles. The number of carbonyl (C=O) groups is 4. The van der Waals surface area contributed by atoms with E-state index in [9.17, 15) is 19.2 Å². The number of hydrogen-bond acceptors (Lipinski definition) is 11. The fourth-order valence-corrected chi connectivity index (χ4v) is 4.73. The Morgan fingerprint density at radius 3 is 1.94 bits per heavy atom. The highest BCUT2D eigenvalue weighted by atomic mass is 16.6. The Morgan fingerprint density at radius 2 is 1.27 bits per heavy atom. The summed E-state index contributed by atoms with van der Waals surface area (Å²) < 4.78 is 32.2. The van der Waals surface area contributed by atoms with Gasteiger partial charge in [-0.1, -0.05) is 31.7 Å². The fraction of sp³-hybridized carbons (Fsp3) is 0.421. The van der Waals surface area contributed by atoms with E-state index < -0.39 is 30.5 Å². The normalized spacial score (nSPS) is 12.9. The highest BCUT2D eigenvalue weighted by molar-refractivity contribution is 5.93. The first kappa shape index (κ1) is 38.5. The Balaban J connectivity index is 1.22. The second-order valence-corrected chi connectivity index (χ2v) is 11.5. The highest BCUT2D eigenvalue weighted by Crippen LogP contribution is 2.22. The van der Waals surface area contributed by atoms with Crippen LogP contribution >= 0.6 is 0 Å². The predicted octanol–water partition coefficient (Wildman–Crippen LogP) is 6.08. The predicted molar refractivity (Wildman–Crippen MR) is 182 cm³/mol. The third kappa shape index (κ3) is 15.7. The molecule has 0 radical (unpaired) electrons. The van der Waals surface area contributed by atoms with E-state index in [1.54, 1.807) is 30.3 Å². The molecule has 2 aromatic carbocycles. The number of aliphatic hydroxyl groups is 1. The van der Waals surface area contributed by atoms with Crippen molar-refractivity contribution in [3.05, 3.63) is 84.5 Å². The minimum Gasteiger partial charge on any atom is -0.494 e. The molecular formula is C38H46O11. The standard InChI is InChI=1S/C38H46O11/c1-28(26-36(41)49-33-10-6-5-7-11-33)37(42)46-23-9-4-3-8-22-44-31-15-12-30(13-16-31)14-21-35(40)48-34-19-17-32(18-20-34)45-24-25-47-38(43)29(2)27-39/h12-21,33,39H,1-11,22-27H2/b21-14+. The van der Waals surface area contributed by atoms with Gasteiger partial charge in [0, 0.05) is 11.6 Å². The van der Waals surface area contributed by atoms with E-state index in [0.29, 0.717) is 30.3 Å². The summed E-state index contributed by atoms with van der Waals surface area (Å²) in [7, 11) is 0. The van der Waals surface area contributed by atoms with E-state index in [1.165, 1.54) is 12.5 Å². The molecule has 1 aliphatic rings. The molecule has 0 aromatic heterocycles. The van der Waals surface area contributed by atoms with E-state index in [0.717, 1.165) is 50.5 Å². The number of esters is 4. The average molecular weight is 679 g/mol. The Morgan fingerprint density at radius 1 is 0.694 bits per heavy atom. The number of carbonyl (C=O) groups excluding carboxylic acids is 4. The van der Waals surface area contributed by atoms with Gasteiger partial charge in [0.2, 0.25) is 0 Å². The summed E-state index contributed by atoms with van der Waals surface area (Å²) >= 11 is 0. The third-order valence-electron chi connectivity index (χ3n) is 7.44. The van der Waals surface area contributed by atoms with Gasteiger partial charge in [-0.3, -0.25) is 4.79 Å². The molecule has 1 aliphatic carbocycles. The molecule has 1 saturated carbocycles. The summed E-state index contributed by atoms with van der Waals surface area (Å²) in [4.78, 5) is 47.8. The van der Waals surface area contributed by atoms with E-state index in [4.69, 9.17) is 33.5 Å². The monoisotopic (exact) mass is 678 g/mol. The number of rotatable bonds is 21. The maximum atomic E-state index is 12.2. The number of ether oxygens (including phenoxy) is 6. The summed E-state index contributed by atoms with van der Waals surface area (Å²) in [6.07, 6.45) is 11.2. The molecule has 0 unspecified atom stereocenters. The lowest BCUT2D eigenvalue weighted by Gasteiger charge is -2.21. The quantitative estimate of drug-likeness (QED) is 0.0539. The van der Waals surface area contributed by atoms with Crippen LogP contribution in [0, 0.1) is 0 Å². The van der Waals surface area contributed by atoms with Gasteiger partial charge in [0.15, 0.2) is 0 Å². The first-order chi connectivity index (χ1) is 23.7. The Kier molecular flexibility index (Phi) is 17.2. The van der Waals surface area contributed by atoms with E-state index in [1.807, 2.05) is 24.3 Å². The molecule has 0 bridgehead atoms. The van der Waals surface area contributed by atoms with Gasteiger partial charge in [-0.25, -0.2) is 14.4 Å². The van der Waals surface area contributed by atoms with Gasteiger partial charge in [0.1, 0.15) is 36.6 Å².